The zero-order valence-corrected chi connectivity index (χ0v) is 15.4. The molecule has 1 aliphatic carbocycles. The smallest absolute Gasteiger partial charge is 0.247 e. The molecular formula is C15H16N6O3S2. The van der Waals surface area contributed by atoms with E-state index in [4.69, 9.17) is 9.88 Å². The van der Waals surface area contributed by atoms with Gasteiger partial charge in [-0.15, -0.1) is 11.3 Å². The quantitative estimate of drug-likeness (QED) is 0.585. The van der Waals surface area contributed by atoms with Gasteiger partial charge in [-0.05, 0) is 25.0 Å². The standard InChI is InChI=1S/C15H16N6O3S2/c1-24-13-7-11(17-12-6-9(20-21-12)8-2-3-8)18-15(19-13)10-4-5-14(25-10)26(16,22)23/h4-8H,2-3H2,1H3,(H2,16,22,23)(H2,17,18,19,20,21). The summed E-state index contributed by atoms with van der Waals surface area (Å²) in [4.78, 5) is 9.27. The van der Waals surface area contributed by atoms with Gasteiger partial charge in [0, 0.05) is 23.7 Å². The topological polar surface area (TPSA) is 136 Å². The second-order valence-electron chi connectivity index (χ2n) is 5.89. The number of ether oxygens (including phenoxy) is 1. The van der Waals surface area contributed by atoms with Crippen LogP contribution in [-0.2, 0) is 10.0 Å². The van der Waals surface area contributed by atoms with E-state index in [1.165, 1.54) is 26.0 Å². The first-order chi connectivity index (χ1) is 12.4. The molecule has 11 heteroatoms. The van der Waals surface area contributed by atoms with Gasteiger partial charge in [0.05, 0.1) is 12.0 Å². The average molecular weight is 392 g/mol. The Morgan fingerprint density at radius 3 is 2.73 bits per heavy atom. The van der Waals surface area contributed by atoms with Crippen LogP contribution in [0.15, 0.2) is 28.5 Å². The molecule has 0 atom stereocenters. The minimum atomic E-state index is -3.76. The molecule has 0 aliphatic heterocycles. The number of thiophene rings is 1. The Hall–Kier alpha value is -2.50. The van der Waals surface area contributed by atoms with Gasteiger partial charge >= 0.3 is 0 Å². The number of methoxy groups -OCH3 is 1. The predicted octanol–water partition coefficient (Wildman–Crippen LogP) is 2.21. The number of nitrogens with zero attached hydrogens (tertiary/aromatic N) is 3. The molecule has 3 heterocycles. The molecule has 0 amide bonds. The second kappa shape index (κ2) is 6.34. The molecule has 0 bridgehead atoms. The van der Waals surface area contributed by atoms with Crippen LogP contribution in [0.2, 0.25) is 0 Å². The number of hydrogen-bond donors (Lipinski definition) is 3. The van der Waals surface area contributed by atoms with Gasteiger partial charge < -0.3 is 10.1 Å². The van der Waals surface area contributed by atoms with E-state index in [9.17, 15) is 8.42 Å². The third kappa shape index (κ3) is 3.54. The second-order valence-corrected chi connectivity index (χ2v) is 8.76. The van der Waals surface area contributed by atoms with E-state index in [2.05, 4.69) is 25.5 Å². The van der Waals surface area contributed by atoms with Crippen LogP contribution in [0, 0.1) is 0 Å². The maximum atomic E-state index is 11.5. The van der Waals surface area contributed by atoms with Crippen molar-refractivity contribution >= 4 is 33.0 Å². The van der Waals surface area contributed by atoms with Crippen LogP contribution >= 0.6 is 11.3 Å². The van der Waals surface area contributed by atoms with Gasteiger partial charge in [-0.1, -0.05) is 0 Å². The lowest BCUT2D eigenvalue weighted by molar-refractivity contribution is 0.398. The molecule has 1 fully saturated rings. The van der Waals surface area contributed by atoms with Crippen LogP contribution in [0.3, 0.4) is 0 Å². The van der Waals surface area contributed by atoms with Crippen molar-refractivity contribution in [3.8, 4) is 16.6 Å². The summed E-state index contributed by atoms with van der Waals surface area (Å²) in [6.07, 6.45) is 2.36. The van der Waals surface area contributed by atoms with Crippen molar-refractivity contribution in [3.05, 3.63) is 30.0 Å². The summed E-state index contributed by atoms with van der Waals surface area (Å²) in [7, 11) is -2.26. The molecule has 3 aromatic heterocycles. The number of rotatable bonds is 6. The van der Waals surface area contributed by atoms with Crippen molar-refractivity contribution in [1.82, 2.24) is 20.2 Å². The highest BCUT2D eigenvalue weighted by molar-refractivity contribution is 7.91. The number of H-pyrrole nitrogens is 1. The van der Waals surface area contributed by atoms with E-state index in [1.54, 1.807) is 12.1 Å². The molecule has 9 nitrogen and oxygen atoms in total. The van der Waals surface area contributed by atoms with Crippen LogP contribution in [0.25, 0.3) is 10.7 Å². The Kier molecular flexibility index (Phi) is 4.13. The molecule has 1 aliphatic rings. The minimum Gasteiger partial charge on any atom is -0.481 e. The zero-order chi connectivity index (χ0) is 18.3. The Morgan fingerprint density at radius 1 is 1.27 bits per heavy atom. The summed E-state index contributed by atoms with van der Waals surface area (Å²) in [5, 5.41) is 15.5. The van der Waals surface area contributed by atoms with E-state index in [0.717, 1.165) is 17.0 Å². The van der Waals surface area contributed by atoms with Gasteiger partial charge in [0.15, 0.2) is 11.6 Å². The molecule has 1 saturated carbocycles. The number of aromatic amines is 1. The SMILES string of the molecule is COc1cc(Nc2cc(C3CC3)[nH]n2)nc(-c2ccc(S(N)(=O)=O)s2)n1. The van der Waals surface area contributed by atoms with Gasteiger partial charge in [0.1, 0.15) is 10.0 Å². The largest absolute Gasteiger partial charge is 0.481 e. The molecular weight excluding hydrogens is 376 g/mol. The number of hydrogen-bond acceptors (Lipinski definition) is 8. The van der Waals surface area contributed by atoms with Crippen LogP contribution in [0.1, 0.15) is 24.5 Å². The molecule has 4 rings (SSSR count). The van der Waals surface area contributed by atoms with Crippen molar-refractivity contribution in [2.75, 3.05) is 12.4 Å². The summed E-state index contributed by atoms with van der Waals surface area (Å²) in [5.41, 5.74) is 1.10. The highest BCUT2D eigenvalue weighted by Gasteiger charge is 2.25. The number of sulfonamides is 1. The zero-order valence-electron chi connectivity index (χ0n) is 13.8. The van der Waals surface area contributed by atoms with Gasteiger partial charge in [0.25, 0.3) is 0 Å². The Bertz CT molecular complexity index is 1060. The molecule has 0 radical (unpaired) electrons. The third-order valence-electron chi connectivity index (χ3n) is 3.86. The fourth-order valence-electron chi connectivity index (χ4n) is 2.43. The van der Waals surface area contributed by atoms with Crippen molar-refractivity contribution in [2.24, 2.45) is 5.14 Å². The lowest BCUT2D eigenvalue weighted by Gasteiger charge is -2.06. The first kappa shape index (κ1) is 16.9. The molecule has 136 valence electrons. The van der Waals surface area contributed by atoms with Crippen LogP contribution in [-0.4, -0.2) is 35.7 Å². The molecule has 0 aromatic carbocycles. The molecule has 0 saturated heterocycles. The number of primary sulfonamides is 1. The summed E-state index contributed by atoms with van der Waals surface area (Å²) in [6.45, 7) is 0. The first-order valence-corrected chi connectivity index (χ1v) is 10.2. The number of nitrogens with one attached hydrogen (secondary N) is 2. The summed E-state index contributed by atoms with van der Waals surface area (Å²) >= 11 is 1.00. The van der Waals surface area contributed by atoms with Crippen molar-refractivity contribution in [2.45, 2.75) is 23.0 Å². The summed E-state index contributed by atoms with van der Waals surface area (Å²) in [6, 6.07) is 6.64. The number of aromatic nitrogens is 4. The van der Waals surface area contributed by atoms with E-state index in [0.29, 0.717) is 34.1 Å². The lowest BCUT2D eigenvalue weighted by atomic mass is 10.3. The average Bonchev–Trinajstić information content (AvgIpc) is 3.13. The van der Waals surface area contributed by atoms with Crippen molar-refractivity contribution < 1.29 is 13.2 Å². The van der Waals surface area contributed by atoms with Crippen molar-refractivity contribution in [3.63, 3.8) is 0 Å². The fraction of sp³-hybridized carbons (Fsp3) is 0.267. The van der Waals surface area contributed by atoms with Crippen LogP contribution in [0.5, 0.6) is 5.88 Å². The molecule has 4 N–H and O–H groups in total. The maximum absolute atomic E-state index is 11.5. The summed E-state index contributed by atoms with van der Waals surface area (Å²) in [5.74, 6) is 2.39. The van der Waals surface area contributed by atoms with Gasteiger partial charge in [0.2, 0.25) is 15.9 Å². The highest BCUT2D eigenvalue weighted by atomic mass is 32.2. The maximum Gasteiger partial charge on any atom is 0.247 e. The first-order valence-electron chi connectivity index (χ1n) is 7.81. The molecule has 0 spiro atoms. The Morgan fingerprint density at radius 2 is 2.08 bits per heavy atom. The normalized spacial score (nSPS) is 14.4. The van der Waals surface area contributed by atoms with E-state index in [-0.39, 0.29) is 4.21 Å². The van der Waals surface area contributed by atoms with Crippen LogP contribution < -0.4 is 15.2 Å². The summed E-state index contributed by atoms with van der Waals surface area (Å²) < 4.78 is 28.2. The highest BCUT2D eigenvalue weighted by Crippen LogP contribution is 2.39. The minimum absolute atomic E-state index is 0.0507. The molecule has 3 aromatic rings. The number of anilines is 2. The van der Waals surface area contributed by atoms with E-state index in [1.807, 2.05) is 6.07 Å². The van der Waals surface area contributed by atoms with Gasteiger partial charge in [-0.25, -0.2) is 18.5 Å². The Labute approximate surface area is 153 Å². The van der Waals surface area contributed by atoms with Gasteiger partial charge in [-0.3, -0.25) is 5.10 Å². The predicted molar refractivity (Wildman–Crippen MR) is 97.1 cm³/mol. The third-order valence-corrected chi connectivity index (χ3v) is 6.38. The molecule has 26 heavy (non-hydrogen) atoms. The van der Waals surface area contributed by atoms with E-state index < -0.39 is 10.0 Å². The fourth-order valence-corrected chi connectivity index (χ4v) is 4.10. The van der Waals surface area contributed by atoms with Crippen molar-refractivity contribution in [1.29, 1.82) is 0 Å². The van der Waals surface area contributed by atoms with E-state index >= 15 is 0 Å². The lowest BCUT2D eigenvalue weighted by Crippen LogP contribution is -2.09. The monoisotopic (exact) mass is 392 g/mol. The van der Waals surface area contributed by atoms with Gasteiger partial charge in [-0.2, -0.15) is 10.1 Å². The number of nitrogens with two attached hydrogens (primary N) is 1. The van der Waals surface area contributed by atoms with Crippen LogP contribution in [0.4, 0.5) is 11.6 Å². The Balaban J connectivity index is 1.65. The molecule has 0 unspecified atom stereocenters.